The Morgan fingerprint density at radius 2 is 2.35 bits per heavy atom. The average Bonchev–Trinajstić information content (AvgIpc) is 2.82. The molecule has 1 unspecified atom stereocenters. The molecule has 0 spiro atoms. The minimum absolute atomic E-state index is 0.0445. The van der Waals surface area contributed by atoms with Gasteiger partial charge >= 0.3 is 5.97 Å². The average molecular weight is 249 g/mol. The molecule has 2 heterocycles. The van der Waals surface area contributed by atoms with Gasteiger partial charge in [-0.1, -0.05) is 6.07 Å². The third-order valence-electron chi connectivity index (χ3n) is 2.53. The van der Waals surface area contributed by atoms with Gasteiger partial charge in [-0.2, -0.15) is 0 Å². The zero-order valence-electron chi connectivity index (χ0n) is 9.00. The number of rotatable bonds is 4. The molecular formula is C12H11NO3S. The van der Waals surface area contributed by atoms with E-state index in [9.17, 15) is 9.59 Å². The number of nitrogens with zero attached hydrogens (tertiary/aromatic N) is 1. The van der Waals surface area contributed by atoms with E-state index in [0.29, 0.717) is 17.7 Å². The highest BCUT2D eigenvalue weighted by atomic mass is 32.1. The highest BCUT2D eigenvalue weighted by Crippen LogP contribution is 2.21. The van der Waals surface area contributed by atoms with Crippen LogP contribution in [0.3, 0.4) is 0 Å². The van der Waals surface area contributed by atoms with Crippen LogP contribution in [0.1, 0.15) is 22.5 Å². The quantitative estimate of drug-likeness (QED) is 0.833. The van der Waals surface area contributed by atoms with E-state index in [1.807, 2.05) is 11.4 Å². The minimum atomic E-state index is -0.963. The second-order valence-corrected chi connectivity index (χ2v) is 4.77. The second-order valence-electron chi connectivity index (χ2n) is 3.83. The van der Waals surface area contributed by atoms with E-state index in [1.54, 1.807) is 12.3 Å². The summed E-state index contributed by atoms with van der Waals surface area (Å²) in [5.41, 5.74) is 0.261. The van der Waals surface area contributed by atoms with E-state index in [-0.39, 0.29) is 17.3 Å². The van der Waals surface area contributed by atoms with Crippen LogP contribution >= 0.6 is 11.3 Å². The number of carboxylic acids is 1. The summed E-state index contributed by atoms with van der Waals surface area (Å²) >= 11 is 1.40. The molecule has 0 saturated heterocycles. The number of ketones is 1. The molecular weight excluding hydrogens is 238 g/mol. The number of carbonyl (C=O) groups is 2. The Kier molecular flexibility index (Phi) is 3.49. The zero-order chi connectivity index (χ0) is 12.3. The highest BCUT2D eigenvalue weighted by Gasteiger charge is 2.20. The van der Waals surface area contributed by atoms with E-state index in [2.05, 4.69) is 4.99 Å². The summed E-state index contributed by atoms with van der Waals surface area (Å²) in [6.07, 6.45) is 3.68. The van der Waals surface area contributed by atoms with Crippen LogP contribution in [0.4, 0.5) is 0 Å². The van der Waals surface area contributed by atoms with Gasteiger partial charge < -0.3 is 5.11 Å². The Labute approximate surface area is 102 Å². The molecule has 1 aliphatic heterocycles. The van der Waals surface area contributed by atoms with Crippen molar-refractivity contribution in [2.45, 2.75) is 12.8 Å². The van der Waals surface area contributed by atoms with Gasteiger partial charge in [0, 0.05) is 24.8 Å². The van der Waals surface area contributed by atoms with E-state index in [0.717, 1.165) is 0 Å². The first kappa shape index (κ1) is 11.7. The maximum Gasteiger partial charge on any atom is 0.333 e. The summed E-state index contributed by atoms with van der Waals surface area (Å²) in [6, 6.07) is 3.61. The molecule has 1 aliphatic rings. The van der Waals surface area contributed by atoms with Crippen molar-refractivity contribution >= 4 is 29.3 Å². The van der Waals surface area contributed by atoms with Crippen molar-refractivity contribution in [3.05, 3.63) is 34.2 Å². The smallest absolute Gasteiger partial charge is 0.333 e. The maximum absolute atomic E-state index is 11.8. The van der Waals surface area contributed by atoms with Crippen molar-refractivity contribution < 1.29 is 14.7 Å². The molecule has 0 bridgehead atoms. The molecule has 0 aliphatic carbocycles. The number of carbonyl (C=O) groups excluding carboxylic acids is 1. The fourth-order valence-electron chi connectivity index (χ4n) is 1.69. The Hall–Kier alpha value is -1.75. The zero-order valence-corrected chi connectivity index (χ0v) is 9.81. The van der Waals surface area contributed by atoms with Crippen molar-refractivity contribution in [3.63, 3.8) is 0 Å². The van der Waals surface area contributed by atoms with E-state index in [1.165, 1.54) is 17.5 Å². The van der Waals surface area contributed by atoms with Gasteiger partial charge in [0.15, 0.2) is 5.78 Å². The van der Waals surface area contributed by atoms with Crippen molar-refractivity contribution in [1.29, 1.82) is 0 Å². The van der Waals surface area contributed by atoms with Crippen molar-refractivity contribution in [2.75, 3.05) is 0 Å². The first-order valence-corrected chi connectivity index (χ1v) is 6.07. The number of hydrogen-bond acceptors (Lipinski definition) is 4. The molecule has 5 heteroatoms. The summed E-state index contributed by atoms with van der Waals surface area (Å²) in [6.45, 7) is 0. The minimum Gasteiger partial charge on any atom is -0.478 e. The van der Waals surface area contributed by atoms with Gasteiger partial charge in [-0.25, -0.2) is 4.79 Å². The number of aliphatic carboxylic acids is 1. The second kappa shape index (κ2) is 5.05. The molecule has 17 heavy (non-hydrogen) atoms. The summed E-state index contributed by atoms with van der Waals surface area (Å²) in [5, 5.41) is 10.7. The van der Waals surface area contributed by atoms with Gasteiger partial charge in [-0.15, -0.1) is 11.3 Å². The molecule has 0 saturated carbocycles. The Morgan fingerprint density at radius 3 is 3.00 bits per heavy atom. The van der Waals surface area contributed by atoms with Crippen molar-refractivity contribution in [2.24, 2.45) is 10.9 Å². The number of Topliss-reactive ketones (excluding diaryl/α,β-unsaturated/α-hetero) is 1. The van der Waals surface area contributed by atoms with Gasteiger partial charge in [0.25, 0.3) is 0 Å². The lowest BCUT2D eigenvalue weighted by Gasteiger charge is -2.13. The number of carboxylic acid groups (broad SMARTS) is 1. The van der Waals surface area contributed by atoms with E-state index in [4.69, 9.17) is 5.11 Å². The Balaban J connectivity index is 1.98. The molecule has 0 fully saturated rings. The number of aliphatic imine (C=N–C) groups is 1. The van der Waals surface area contributed by atoms with Gasteiger partial charge in [0.05, 0.1) is 10.5 Å². The summed E-state index contributed by atoms with van der Waals surface area (Å²) < 4.78 is 0. The van der Waals surface area contributed by atoms with Crippen LogP contribution in [0.15, 0.2) is 34.3 Å². The molecule has 88 valence electrons. The highest BCUT2D eigenvalue weighted by molar-refractivity contribution is 7.12. The van der Waals surface area contributed by atoms with Gasteiger partial charge in [0.1, 0.15) is 0 Å². The van der Waals surface area contributed by atoms with E-state index < -0.39 is 5.97 Å². The van der Waals surface area contributed by atoms with Gasteiger partial charge in [0.2, 0.25) is 0 Å². The predicted molar refractivity (Wildman–Crippen MR) is 65.6 cm³/mol. The molecule has 2 rings (SSSR count). The van der Waals surface area contributed by atoms with Crippen LogP contribution in [0.5, 0.6) is 0 Å². The van der Waals surface area contributed by atoms with Crippen molar-refractivity contribution in [3.8, 4) is 0 Å². The van der Waals surface area contributed by atoms with Crippen LogP contribution in [0.25, 0.3) is 0 Å². The lowest BCUT2D eigenvalue weighted by Crippen LogP contribution is -2.15. The Bertz CT molecular complexity index is 488. The standard InChI is InChI=1S/C12H11NO3S/c14-10(11-2-1-3-17-11)5-8-4-9(12(15)16)7-13-6-8/h1-3,6-8H,4-5H2,(H,15,16). The molecule has 1 N–H and O–H groups in total. The number of hydrogen-bond donors (Lipinski definition) is 1. The monoisotopic (exact) mass is 249 g/mol. The molecule has 0 radical (unpaired) electrons. The van der Waals surface area contributed by atoms with Crippen LogP contribution in [-0.4, -0.2) is 23.1 Å². The molecule has 1 aromatic rings. The van der Waals surface area contributed by atoms with Gasteiger partial charge in [-0.05, 0) is 17.9 Å². The molecule has 1 atom stereocenters. The fourth-order valence-corrected chi connectivity index (χ4v) is 2.36. The first-order chi connectivity index (χ1) is 8.16. The van der Waals surface area contributed by atoms with Crippen LogP contribution in [0.2, 0.25) is 0 Å². The molecule has 4 nitrogen and oxygen atoms in total. The normalized spacial score (nSPS) is 18.8. The SMILES string of the molecule is O=C(O)C1=CN=CC(CC(=O)c2cccs2)C1. The van der Waals surface area contributed by atoms with Crippen LogP contribution < -0.4 is 0 Å². The molecule has 0 aromatic carbocycles. The summed E-state index contributed by atoms with van der Waals surface area (Å²) in [5.74, 6) is -1.03. The predicted octanol–water partition coefficient (Wildman–Crippen LogP) is 2.38. The summed E-state index contributed by atoms with van der Waals surface area (Å²) in [4.78, 5) is 27.2. The van der Waals surface area contributed by atoms with E-state index >= 15 is 0 Å². The summed E-state index contributed by atoms with van der Waals surface area (Å²) in [7, 11) is 0. The largest absolute Gasteiger partial charge is 0.478 e. The Morgan fingerprint density at radius 1 is 1.53 bits per heavy atom. The third-order valence-corrected chi connectivity index (χ3v) is 3.44. The lowest BCUT2D eigenvalue weighted by molar-refractivity contribution is -0.132. The third kappa shape index (κ3) is 2.88. The first-order valence-electron chi connectivity index (χ1n) is 5.19. The topological polar surface area (TPSA) is 66.7 Å². The lowest BCUT2D eigenvalue weighted by atomic mass is 9.94. The molecule has 1 aromatic heterocycles. The van der Waals surface area contributed by atoms with Gasteiger partial charge in [-0.3, -0.25) is 9.79 Å². The maximum atomic E-state index is 11.8. The number of thiophene rings is 1. The fraction of sp³-hybridized carbons (Fsp3) is 0.250. The molecule has 0 amide bonds. The van der Waals surface area contributed by atoms with Crippen LogP contribution in [-0.2, 0) is 4.79 Å². The van der Waals surface area contributed by atoms with Crippen molar-refractivity contribution in [1.82, 2.24) is 0 Å². The van der Waals surface area contributed by atoms with Crippen LogP contribution in [0, 0.1) is 5.92 Å².